The van der Waals surface area contributed by atoms with E-state index in [2.05, 4.69) is 5.32 Å². The summed E-state index contributed by atoms with van der Waals surface area (Å²) >= 11 is 0. The molecule has 1 nitrogen and oxygen atoms in total. The van der Waals surface area contributed by atoms with Gasteiger partial charge in [0.1, 0.15) is 0 Å². The van der Waals surface area contributed by atoms with Gasteiger partial charge >= 0.3 is 12.1 Å². The maximum Gasteiger partial charge on any atom is 0.453 e. The van der Waals surface area contributed by atoms with Gasteiger partial charge in [-0.2, -0.15) is 22.0 Å². The summed E-state index contributed by atoms with van der Waals surface area (Å²) < 4.78 is 60.0. The Hall–Kier alpha value is -0.390. The van der Waals surface area contributed by atoms with Crippen LogP contribution in [0.15, 0.2) is 0 Å². The summed E-state index contributed by atoms with van der Waals surface area (Å²) in [7, 11) is 0. The van der Waals surface area contributed by atoms with Crippen molar-refractivity contribution in [3.05, 3.63) is 0 Å². The third-order valence-electron chi connectivity index (χ3n) is 2.08. The molecule has 13 heavy (non-hydrogen) atoms. The summed E-state index contributed by atoms with van der Waals surface area (Å²) in [4.78, 5) is 0. The van der Waals surface area contributed by atoms with Crippen molar-refractivity contribution in [2.24, 2.45) is 0 Å². The summed E-state index contributed by atoms with van der Waals surface area (Å²) in [5.41, 5.74) is 0. The van der Waals surface area contributed by atoms with Crippen molar-refractivity contribution in [2.75, 3.05) is 6.54 Å². The minimum atomic E-state index is -5.42. The number of nitrogens with one attached hydrogen (secondary N) is 1. The zero-order chi connectivity index (χ0) is 10.1. The fourth-order valence-corrected chi connectivity index (χ4v) is 1.36. The topological polar surface area (TPSA) is 12.0 Å². The second-order valence-electron chi connectivity index (χ2n) is 3.20. The summed E-state index contributed by atoms with van der Waals surface area (Å²) in [6.45, 7) is 0.526. The van der Waals surface area contributed by atoms with E-state index in [1.807, 2.05) is 0 Å². The predicted octanol–water partition coefficient (Wildman–Crippen LogP) is 2.33. The molecule has 0 aromatic heterocycles. The van der Waals surface area contributed by atoms with E-state index in [-0.39, 0.29) is 0 Å². The predicted molar refractivity (Wildman–Crippen MR) is 36.6 cm³/mol. The standard InChI is InChI=1S/C7H10F5N/c8-6(9,7(10,11)12)4-5-2-1-3-13-5/h5,13H,1-4H2. The normalized spacial score (nSPS) is 25.2. The van der Waals surface area contributed by atoms with Crippen LogP contribution in [-0.4, -0.2) is 24.7 Å². The second-order valence-corrected chi connectivity index (χ2v) is 3.20. The van der Waals surface area contributed by atoms with Gasteiger partial charge in [-0.05, 0) is 19.4 Å². The minimum absolute atomic E-state index is 0.395. The Morgan fingerprint density at radius 3 is 2.15 bits per heavy atom. The van der Waals surface area contributed by atoms with Crippen LogP contribution < -0.4 is 5.32 Å². The Morgan fingerprint density at radius 2 is 1.77 bits per heavy atom. The maximum atomic E-state index is 12.4. The number of hydrogen-bond donors (Lipinski definition) is 1. The van der Waals surface area contributed by atoms with Gasteiger partial charge in [-0.15, -0.1) is 0 Å². The molecule has 1 rings (SSSR count). The first-order valence-corrected chi connectivity index (χ1v) is 4.01. The van der Waals surface area contributed by atoms with E-state index in [0.717, 1.165) is 0 Å². The molecule has 78 valence electrons. The van der Waals surface area contributed by atoms with E-state index in [1.165, 1.54) is 0 Å². The van der Waals surface area contributed by atoms with Gasteiger partial charge in [0.15, 0.2) is 0 Å². The summed E-state index contributed by atoms with van der Waals surface area (Å²) in [6.07, 6.45) is -5.50. The van der Waals surface area contributed by atoms with Gasteiger partial charge in [0.05, 0.1) is 0 Å². The van der Waals surface area contributed by atoms with Crippen molar-refractivity contribution in [3.63, 3.8) is 0 Å². The molecule has 0 amide bonds. The first-order valence-electron chi connectivity index (χ1n) is 4.01. The number of rotatable bonds is 2. The first-order chi connectivity index (χ1) is 5.83. The van der Waals surface area contributed by atoms with Crippen LogP contribution in [0, 0.1) is 0 Å². The van der Waals surface area contributed by atoms with Crippen LogP contribution in [0.1, 0.15) is 19.3 Å². The molecule has 0 bridgehead atoms. The van der Waals surface area contributed by atoms with Crippen molar-refractivity contribution >= 4 is 0 Å². The average molecular weight is 203 g/mol. The molecule has 1 atom stereocenters. The van der Waals surface area contributed by atoms with Crippen LogP contribution in [-0.2, 0) is 0 Å². The highest BCUT2D eigenvalue weighted by Gasteiger charge is 2.57. The highest BCUT2D eigenvalue weighted by atomic mass is 19.4. The minimum Gasteiger partial charge on any atom is -0.314 e. The van der Waals surface area contributed by atoms with Gasteiger partial charge in [-0.1, -0.05) is 0 Å². The Labute approximate surface area is 72.3 Å². The van der Waals surface area contributed by atoms with Gasteiger partial charge < -0.3 is 5.32 Å². The van der Waals surface area contributed by atoms with Crippen molar-refractivity contribution in [3.8, 4) is 0 Å². The van der Waals surface area contributed by atoms with Gasteiger partial charge in [0.25, 0.3) is 0 Å². The zero-order valence-electron chi connectivity index (χ0n) is 6.80. The lowest BCUT2D eigenvalue weighted by Crippen LogP contribution is -2.41. The highest BCUT2D eigenvalue weighted by molar-refractivity contribution is 4.85. The molecule has 0 aliphatic carbocycles. The summed E-state index contributed by atoms with van der Waals surface area (Å²) in [5, 5.41) is 2.60. The fraction of sp³-hybridized carbons (Fsp3) is 1.00. The molecular formula is C7H10F5N. The Balaban J connectivity index is 2.50. The van der Waals surface area contributed by atoms with Crippen molar-refractivity contribution in [1.82, 2.24) is 5.32 Å². The van der Waals surface area contributed by atoms with E-state index in [1.54, 1.807) is 0 Å². The van der Waals surface area contributed by atoms with Gasteiger partial charge in [0, 0.05) is 12.5 Å². The van der Waals surface area contributed by atoms with Crippen LogP contribution in [0.2, 0.25) is 0 Å². The SMILES string of the molecule is FC(F)(F)C(F)(F)CC1CCCN1. The van der Waals surface area contributed by atoms with E-state index in [9.17, 15) is 22.0 Å². The van der Waals surface area contributed by atoms with E-state index in [0.29, 0.717) is 19.4 Å². The molecule has 1 heterocycles. The molecule has 1 N–H and O–H groups in total. The Kier molecular flexibility index (Phi) is 2.79. The molecular weight excluding hydrogens is 193 g/mol. The van der Waals surface area contributed by atoms with Crippen molar-refractivity contribution in [1.29, 1.82) is 0 Å². The van der Waals surface area contributed by atoms with Crippen molar-refractivity contribution in [2.45, 2.75) is 37.4 Å². The third kappa shape index (κ3) is 2.52. The lowest BCUT2D eigenvalue weighted by atomic mass is 10.1. The summed E-state index contributed by atoms with van der Waals surface area (Å²) in [5.74, 6) is -4.56. The molecule has 0 aromatic carbocycles. The van der Waals surface area contributed by atoms with Crippen LogP contribution in [0.3, 0.4) is 0 Å². The molecule has 1 saturated heterocycles. The second kappa shape index (κ2) is 3.40. The number of halogens is 5. The monoisotopic (exact) mass is 203 g/mol. The van der Waals surface area contributed by atoms with Crippen LogP contribution >= 0.6 is 0 Å². The molecule has 1 fully saturated rings. The van der Waals surface area contributed by atoms with Crippen LogP contribution in [0.5, 0.6) is 0 Å². The summed E-state index contributed by atoms with van der Waals surface area (Å²) in [6, 6.07) is -0.698. The van der Waals surface area contributed by atoms with Gasteiger partial charge in [-0.25, -0.2) is 0 Å². The van der Waals surface area contributed by atoms with E-state index < -0.39 is 24.6 Å². The number of hydrogen-bond acceptors (Lipinski definition) is 1. The van der Waals surface area contributed by atoms with Gasteiger partial charge in [-0.3, -0.25) is 0 Å². The van der Waals surface area contributed by atoms with Gasteiger partial charge in [0.2, 0.25) is 0 Å². The quantitative estimate of drug-likeness (QED) is 0.679. The van der Waals surface area contributed by atoms with E-state index in [4.69, 9.17) is 0 Å². The molecule has 0 spiro atoms. The van der Waals surface area contributed by atoms with Crippen molar-refractivity contribution < 1.29 is 22.0 Å². The number of alkyl halides is 5. The molecule has 0 radical (unpaired) electrons. The average Bonchev–Trinajstić information content (AvgIpc) is 2.35. The highest BCUT2D eigenvalue weighted by Crippen LogP contribution is 2.39. The molecule has 1 aliphatic heterocycles. The lowest BCUT2D eigenvalue weighted by Gasteiger charge is -2.22. The molecule has 6 heteroatoms. The Morgan fingerprint density at radius 1 is 1.15 bits per heavy atom. The third-order valence-corrected chi connectivity index (χ3v) is 2.08. The first kappa shape index (κ1) is 10.7. The molecule has 0 saturated carbocycles. The van der Waals surface area contributed by atoms with E-state index >= 15 is 0 Å². The smallest absolute Gasteiger partial charge is 0.314 e. The molecule has 1 aliphatic rings. The largest absolute Gasteiger partial charge is 0.453 e. The van der Waals surface area contributed by atoms with Crippen LogP contribution in [0.25, 0.3) is 0 Å². The lowest BCUT2D eigenvalue weighted by molar-refractivity contribution is -0.285. The fourth-order valence-electron chi connectivity index (χ4n) is 1.36. The molecule has 1 unspecified atom stereocenters. The maximum absolute atomic E-state index is 12.4. The Bertz CT molecular complexity index is 170. The zero-order valence-corrected chi connectivity index (χ0v) is 6.80. The van der Waals surface area contributed by atoms with Crippen LogP contribution in [0.4, 0.5) is 22.0 Å². The molecule has 0 aromatic rings.